The zero-order chi connectivity index (χ0) is 18.9. The maximum atomic E-state index is 11.9. The highest BCUT2D eigenvalue weighted by atomic mass is 16.2. The number of hydrogen-bond acceptors (Lipinski definition) is 3. The predicted octanol–water partition coefficient (Wildman–Crippen LogP) is 2.32. The third-order valence-electron chi connectivity index (χ3n) is 3.81. The van der Waals surface area contributed by atoms with Gasteiger partial charge in [-0.3, -0.25) is 9.59 Å². The van der Waals surface area contributed by atoms with Crippen LogP contribution in [0.2, 0.25) is 0 Å². The van der Waals surface area contributed by atoms with Crippen LogP contribution in [0.3, 0.4) is 0 Å². The Morgan fingerprint density at radius 1 is 0.963 bits per heavy atom. The summed E-state index contributed by atoms with van der Waals surface area (Å²) in [5.41, 5.74) is 2.74. The molecule has 2 amide bonds. The first-order valence-corrected chi connectivity index (χ1v) is 8.57. The molecule has 0 bridgehead atoms. The van der Waals surface area contributed by atoms with E-state index in [1.165, 1.54) is 6.08 Å². The summed E-state index contributed by atoms with van der Waals surface area (Å²) in [5, 5.41) is 9.58. The van der Waals surface area contributed by atoms with E-state index in [0.29, 0.717) is 6.54 Å². The molecule has 0 aliphatic heterocycles. The molecule has 136 valence electrons. The number of hydrogen-bond donors (Lipinski definition) is 2. The number of nitrogens with one attached hydrogen (secondary N) is 2. The molecule has 1 heterocycles. The molecule has 0 atom stereocenters. The molecule has 27 heavy (non-hydrogen) atoms. The van der Waals surface area contributed by atoms with Gasteiger partial charge in [0.05, 0.1) is 18.4 Å². The molecule has 2 N–H and O–H groups in total. The third kappa shape index (κ3) is 5.67. The number of amides is 2. The van der Waals surface area contributed by atoms with Crippen molar-refractivity contribution in [2.24, 2.45) is 0 Å². The van der Waals surface area contributed by atoms with Crippen LogP contribution in [-0.4, -0.2) is 28.1 Å². The van der Waals surface area contributed by atoms with E-state index in [1.807, 2.05) is 66.9 Å². The van der Waals surface area contributed by atoms with Gasteiger partial charge >= 0.3 is 0 Å². The third-order valence-corrected chi connectivity index (χ3v) is 3.81. The number of nitrogens with zero attached hydrogens (tertiary/aromatic N) is 2. The molecule has 0 saturated carbocycles. The van der Waals surface area contributed by atoms with E-state index in [0.717, 1.165) is 16.8 Å². The Kier molecular flexibility index (Phi) is 6.14. The number of carbonyl (C=O) groups is 2. The van der Waals surface area contributed by atoms with Crippen LogP contribution >= 0.6 is 0 Å². The average Bonchev–Trinajstić information content (AvgIpc) is 3.20. The lowest BCUT2D eigenvalue weighted by molar-refractivity contribution is -0.124. The molecule has 0 aliphatic carbocycles. The second-order valence-electron chi connectivity index (χ2n) is 5.87. The van der Waals surface area contributed by atoms with E-state index < -0.39 is 0 Å². The van der Waals surface area contributed by atoms with Crippen LogP contribution in [-0.2, 0) is 16.1 Å². The molecule has 6 nitrogen and oxygen atoms in total. The molecule has 1 aromatic heterocycles. The van der Waals surface area contributed by atoms with E-state index >= 15 is 0 Å². The molecule has 3 aromatic rings. The molecule has 0 spiro atoms. The zero-order valence-electron chi connectivity index (χ0n) is 14.7. The Bertz CT molecular complexity index is 918. The Labute approximate surface area is 157 Å². The summed E-state index contributed by atoms with van der Waals surface area (Å²) in [4.78, 5) is 23.7. The molecule has 0 unspecified atom stereocenters. The zero-order valence-corrected chi connectivity index (χ0v) is 14.7. The van der Waals surface area contributed by atoms with Crippen molar-refractivity contribution in [1.82, 2.24) is 20.4 Å². The first-order valence-electron chi connectivity index (χ1n) is 8.57. The number of aromatic nitrogens is 2. The van der Waals surface area contributed by atoms with Crippen LogP contribution in [0.1, 0.15) is 11.1 Å². The van der Waals surface area contributed by atoms with E-state index in [2.05, 4.69) is 15.7 Å². The van der Waals surface area contributed by atoms with Crippen molar-refractivity contribution in [3.8, 4) is 5.69 Å². The van der Waals surface area contributed by atoms with E-state index in [-0.39, 0.29) is 18.4 Å². The number of rotatable bonds is 7. The molecule has 2 aromatic carbocycles. The molecular formula is C21H20N4O2. The highest BCUT2D eigenvalue weighted by Gasteiger charge is 2.03. The molecule has 0 aliphatic rings. The van der Waals surface area contributed by atoms with Gasteiger partial charge < -0.3 is 10.6 Å². The van der Waals surface area contributed by atoms with Gasteiger partial charge in [-0.1, -0.05) is 48.5 Å². The van der Waals surface area contributed by atoms with Crippen molar-refractivity contribution in [2.45, 2.75) is 6.54 Å². The highest BCUT2D eigenvalue weighted by Crippen LogP contribution is 2.08. The molecular weight excluding hydrogens is 340 g/mol. The van der Waals surface area contributed by atoms with Crippen LogP contribution in [0.15, 0.2) is 79.1 Å². The molecule has 0 saturated heterocycles. The quantitative estimate of drug-likeness (QED) is 0.635. The van der Waals surface area contributed by atoms with Crippen molar-refractivity contribution in [1.29, 1.82) is 0 Å². The molecule has 0 radical (unpaired) electrons. The minimum atomic E-state index is -0.336. The second-order valence-corrected chi connectivity index (χ2v) is 5.87. The lowest BCUT2D eigenvalue weighted by Crippen LogP contribution is -2.35. The SMILES string of the molecule is O=C(/C=C/c1cnn(-c2ccccc2)c1)NCC(=O)NCc1ccccc1. The summed E-state index contributed by atoms with van der Waals surface area (Å²) >= 11 is 0. The van der Waals surface area contributed by atoms with Crippen molar-refractivity contribution in [3.05, 3.63) is 90.3 Å². The predicted molar refractivity (Wildman–Crippen MR) is 104 cm³/mol. The highest BCUT2D eigenvalue weighted by molar-refractivity contribution is 5.94. The van der Waals surface area contributed by atoms with Crippen molar-refractivity contribution < 1.29 is 9.59 Å². The Morgan fingerprint density at radius 3 is 2.41 bits per heavy atom. The normalized spacial score (nSPS) is 10.7. The van der Waals surface area contributed by atoms with Gasteiger partial charge in [-0.15, -0.1) is 0 Å². The van der Waals surface area contributed by atoms with Crippen LogP contribution in [0.5, 0.6) is 0 Å². The van der Waals surface area contributed by atoms with E-state index in [4.69, 9.17) is 0 Å². The lowest BCUT2D eigenvalue weighted by Gasteiger charge is -2.05. The maximum absolute atomic E-state index is 11.9. The summed E-state index contributed by atoms with van der Waals surface area (Å²) in [7, 11) is 0. The number of carbonyl (C=O) groups excluding carboxylic acids is 2. The topological polar surface area (TPSA) is 76.0 Å². The van der Waals surface area contributed by atoms with Gasteiger partial charge in [0.25, 0.3) is 0 Å². The second kappa shape index (κ2) is 9.15. The van der Waals surface area contributed by atoms with Gasteiger partial charge in [-0.25, -0.2) is 4.68 Å². The fourth-order valence-corrected chi connectivity index (χ4v) is 2.40. The summed E-state index contributed by atoms with van der Waals surface area (Å²) < 4.78 is 1.73. The fraction of sp³-hybridized carbons (Fsp3) is 0.0952. The fourth-order valence-electron chi connectivity index (χ4n) is 2.40. The minimum Gasteiger partial charge on any atom is -0.350 e. The first-order chi connectivity index (χ1) is 13.2. The number of para-hydroxylation sites is 1. The van der Waals surface area contributed by atoms with Gasteiger partial charge in [-0.2, -0.15) is 5.10 Å². The van der Waals surface area contributed by atoms with Crippen molar-refractivity contribution >= 4 is 17.9 Å². The van der Waals surface area contributed by atoms with Gasteiger partial charge in [0.1, 0.15) is 0 Å². The lowest BCUT2D eigenvalue weighted by atomic mass is 10.2. The minimum absolute atomic E-state index is 0.0702. The van der Waals surface area contributed by atoms with Crippen LogP contribution in [0.25, 0.3) is 11.8 Å². The summed E-state index contributed by atoms with van der Waals surface area (Å²) in [5.74, 6) is -0.574. The van der Waals surface area contributed by atoms with E-state index in [1.54, 1.807) is 17.0 Å². The van der Waals surface area contributed by atoms with Crippen molar-refractivity contribution in [2.75, 3.05) is 6.54 Å². The Hall–Kier alpha value is -3.67. The standard InChI is InChI=1S/C21H20N4O2/c26-20(23-15-21(27)22-13-17-7-3-1-4-8-17)12-11-18-14-24-25(16-18)19-9-5-2-6-10-19/h1-12,14,16H,13,15H2,(H,22,27)(H,23,26)/b12-11+. The molecule has 3 rings (SSSR count). The van der Waals surface area contributed by atoms with Gasteiger partial charge in [0.15, 0.2) is 0 Å². The average molecular weight is 360 g/mol. The van der Waals surface area contributed by atoms with Crippen LogP contribution < -0.4 is 10.6 Å². The smallest absolute Gasteiger partial charge is 0.244 e. The molecule has 6 heteroatoms. The first kappa shape index (κ1) is 18.1. The van der Waals surface area contributed by atoms with Crippen molar-refractivity contribution in [3.63, 3.8) is 0 Å². The van der Waals surface area contributed by atoms with Crippen LogP contribution in [0, 0.1) is 0 Å². The summed E-state index contributed by atoms with van der Waals surface area (Å²) in [6.07, 6.45) is 6.54. The largest absolute Gasteiger partial charge is 0.350 e. The molecule has 0 fully saturated rings. The van der Waals surface area contributed by atoms with Crippen LogP contribution in [0.4, 0.5) is 0 Å². The maximum Gasteiger partial charge on any atom is 0.244 e. The number of benzene rings is 2. The Balaban J connectivity index is 1.44. The summed E-state index contributed by atoms with van der Waals surface area (Å²) in [6.45, 7) is 0.364. The summed E-state index contributed by atoms with van der Waals surface area (Å²) in [6, 6.07) is 19.3. The van der Waals surface area contributed by atoms with Gasteiger partial charge in [0, 0.05) is 24.4 Å². The monoisotopic (exact) mass is 360 g/mol. The van der Waals surface area contributed by atoms with Gasteiger partial charge in [-0.05, 0) is 23.8 Å². The van der Waals surface area contributed by atoms with Gasteiger partial charge in [0.2, 0.25) is 11.8 Å². The Morgan fingerprint density at radius 2 is 1.67 bits per heavy atom. The van der Waals surface area contributed by atoms with E-state index in [9.17, 15) is 9.59 Å².